The standard InChI is InChI=1S/C13H16BrNO/c1-2-15(8-10-3-4-10)13-6-5-12(14)7-11(13)9-16/h5-7,9-10H,2-4,8H2,1H3. The van der Waals surface area contributed by atoms with Crippen molar-refractivity contribution in [1.29, 1.82) is 0 Å². The summed E-state index contributed by atoms with van der Waals surface area (Å²) in [5.41, 5.74) is 1.84. The first-order valence-electron chi connectivity index (χ1n) is 5.74. The fourth-order valence-electron chi connectivity index (χ4n) is 1.92. The Morgan fingerprint density at radius 3 is 2.81 bits per heavy atom. The molecule has 0 aliphatic heterocycles. The number of hydrogen-bond donors (Lipinski definition) is 0. The van der Waals surface area contributed by atoms with E-state index in [1.807, 2.05) is 18.2 Å². The topological polar surface area (TPSA) is 20.3 Å². The minimum atomic E-state index is 0.775. The predicted octanol–water partition coefficient (Wildman–Crippen LogP) is 3.50. The molecule has 0 radical (unpaired) electrons. The van der Waals surface area contributed by atoms with Crippen molar-refractivity contribution in [3.8, 4) is 0 Å². The minimum absolute atomic E-state index is 0.775. The van der Waals surface area contributed by atoms with Gasteiger partial charge < -0.3 is 4.90 Å². The normalized spacial score (nSPS) is 14.9. The molecular formula is C13H16BrNO. The summed E-state index contributed by atoms with van der Waals surface area (Å²) in [5, 5.41) is 0. The second kappa shape index (κ2) is 5.00. The molecule has 0 aromatic heterocycles. The number of benzene rings is 1. The van der Waals surface area contributed by atoms with E-state index in [2.05, 4.69) is 27.8 Å². The molecule has 3 heteroatoms. The lowest BCUT2D eigenvalue weighted by Gasteiger charge is -2.24. The lowest BCUT2D eigenvalue weighted by molar-refractivity contribution is 0.112. The highest BCUT2D eigenvalue weighted by molar-refractivity contribution is 9.10. The summed E-state index contributed by atoms with van der Waals surface area (Å²) >= 11 is 3.39. The zero-order chi connectivity index (χ0) is 11.5. The second-order valence-electron chi connectivity index (χ2n) is 4.30. The van der Waals surface area contributed by atoms with Gasteiger partial charge in [0.1, 0.15) is 0 Å². The number of hydrogen-bond acceptors (Lipinski definition) is 2. The second-order valence-corrected chi connectivity index (χ2v) is 5.22. The molecule has 0 amide bonds. The smallest absolute Gasteiger partial charge is 0.152 e. The average Bonchev–Trinajstić information content (AvgIpc) is 3.10. The number of rotatable bonds is 5. The van der Waals surface area contributed by atoms with Gasteiger partial charge in [0.05, 0.1) is 0 Å². The number of nitrogens with zero attached hydrogens (tertiary/aromatic N) is 1. The molecule has 0 bridgehead atoms. The summed E-state index contributed by atoms with van der Waals surface area (Å²) in [7, 11) is 0. The van der Waals surface area contributed by atoms with Gasteiger partial charge in [-0.25, -0.2) is 0 Å². The Labute approximate surface area is 105 Å². The molecule has 1 fully saturated rings. The zero-order valence-electron chi connectivity index (χ0n) is 9.45. The van der Waals surface area contributed by atoms with Gasteiger partial charge in [-0.2, -0.15) is 0 Å². The van der Waals surface area contributed by atoms with Crippen LogP contribution in [0.15, 0.2) is 22.7 Å². The van der Waals surface area contributed by atoms with Gasteiger partial charge in [0.25, 0.3) is 0 Å². The Hall–Kier alpha value is -0.830. The minimum Gasteiger partial charge on any atom is -0.371 e. The van der Waals surface area contributed by atoms with Crippen molar-refractivity contribution >= 4 is 27.9 Å². The fourth-order valence-corrected chi connectivity index (χ4v) is 2.30. The van der Waals surface area contributed by atoms with E-state index in [1.54, 1.807) is 0 Å². The highest BCUT2D eigenvalue weighted by atomic mass is 79.9. The van der Waals surface area contributed by atoms with Crippen molar-refractivity contribution < 1.29 is 4.79 Å². The monoisotopic (exact) mass is 281 g/mol. The van der Waals surface area contributed by atoms with Crippen LogP contribution in [0.25, 0.3) is 0 Å². The Morgan fingerprint density at radius 1 is 1.50 bits per heavy atom. The van der Waals surface area contributed by atoms with Crippen molar-refractivity contribution in [2.45, 2.75) is 19.8 Å². The first-order chi connectivity index (χ1) is 7.74. The van der Waals surface area contributed by atoms with E-state index in [9.17, 15) is 4.79 Å². The van der Waals surface area contributed by atoms with Crippen molar-refractivity contribution in [2.24, 2.45) is 5.92 Å². The first-order valence-corrected chi connectivity index (χ1v) is 6.53. The van der Waals surface area contributed by atoms with Crippen molar-refractivity contribution in [2.75, 3.05) is 18.0 Å². The van der Waals surface area contributed by atoms with Crippen LogP contribution in [0.5, 0.6) is 0 Å². The molecule has 0 saturated heterocycles. The highest BCUT2D eigenvalue weighted by Crippen LogP contribution is 2.32. The summed E-state index contributed by atoms with van der Waals surface area (Å²) in [6.45, 7) is 4.18. The van der Waals surface area contributed by atoms with E-state index < -0.39 is 0 Å². The van der Waals surface area contributed by atoms with Crippen LogP contribution in [0.4, 0.5) is 5.69 Å². The van der Waals surface area contributed by atoms with Crippen LogP contribution in [0.1, 0.15) is 30.1 Å². The quantitative estimate of drug-likeness (QED) is 0.770. The van der Waals surface area contributed by atoms with E-state index in [1.165, 1.54) is 12.8 Å². The van der Waals surface area contributed by atoms with Crippen molar-refractivity contribution in [3.05, 3.63) is 28.2 Å². The summed E-state index contributed by atoms with van der Waals surface area (Å²) in [5.74, 6) is 0.836. The molecule has 0 unspecified atom stereocenters. The summed E-state index contributed by atoms with van der Waals surface area (Å²) in [4.78, 5) is 13.4. The maximum atomic E-state index is 11.1. The lowest BCUT2D eigenvalue weighted by atomic mass is 10.1. The molecule has 16 heavy (non-hydrogen) atoms. The number of aldehydes is 1. The van der Waals surface area contributed by atoms with Crippen LogP contribution in [-0.2, 0) is 0 Å². The van der Waals surface area contributed by atoms with Gasteiger partial charge in [-0.15, -0.1) is 0 Å². The fraction of sp³-hybridized carbons (Fsp3) is 0.462. The third kappa shape index (κ3) is 2.64. The maximum absolute atomic E-state index is 11.1. The number of halogens is 1. The zero-order valence-corrected chi connectivity index (χ0v) is 11.0. The molecule has 86 valence electrons. The Morgan fingerprint density at radius 2 is 2.25 bits per heavy atom. The molecule has 1 aliphatic carbocycles. The molecule has 1 aliphatic rings. The van der Waals surface area contributed by atoms with E-state index in [0.29, 0.717) is 0 Å². The van der Waals surface area contributed by atoms with Crippen molar-refractivity contribution in [1.82, 2.24) is 0 Å². The molecule has 0 atom stereocenters. The third-order valence-corrected chi connectivity index (χ3v) is 3.51. The average molecular weight is 282 g/mol. The van der Waals surface area contributed by atoms with Crippen LogP contribution in [-0.4, -0.2) is 19.4 Å². The Balaban J connectivity index is 2.24. The molecule has 2 rings (SSSR count). The van der Waals surface area contributed by atoms with Gasteiger partial charge in [-0.1, -0.05) is 15.9 Å². The molecule has 0 spiro atoms. The van der Waals surface area contributed by atoms with E-state index in [4.69, 9.17) is 0 Å². The van der Waals surface area contributed by atoms with Gasteiger partial charge in [0, 0.05) is 28.8 Å². The molecular weight excluding hydrogens is 266 g/mol. The first kappa shape index (κ1) is 11.6. The number of carbonyl (C=O) groups is 1. The molecule has 1 saturated carbocycles. The van der Waals surface area contributed by atoms with Crippen LogP contribution in [0.3, 0.4) is 0 Å². The summed E-state index contributed by atoms with van der Waals surface area (Å²) in [6.07, 6.45) is 3.61. The maximum Gasteiger partial charge on any atom is 0.152 e. The molecule has 0 heterocycles. The summed E-state index contributed by atoms with van der Waals surface area (Å²) < 4.78 is 0.959. The highest BCUT2D eigenvalue weighted by Gasteiger charge is 2.24. The van der Waals surface area contributed by atoms with Crippen LogP contribution in [0.2, 0.25) is 0 Å². The SMILES string of the molecule is CCN(CC1CC1)c1ccc(Br)cc1C=O. The van der Waals surface area contributed by atoms with Crippen LogP contribution < -0.4 is 4.90 Å². The van der Waals surface area contributed by atoms with Crippen molar-refractivity contribution in [3.63, 3.8) is 0 Å². The van der Waals surface area contributed by atoms with E-state index >= 15 is 0 Å². The third-order valence-electron chi connectivity index (χ3n) is 3.01. The van der Waals surface area contributed by atoms with Crippen LogP contribution in [0, 0.1) is 5.92 Å². The summed E-state index contributed by atoms with van der Waals surface area (Å²) in [6, 6.07) is 5.91. The van der Waals surface area contributed by atoms with E-state index in [-0.39, 0.29) is 0 Å². The lowest BCUT2D eigenvalue weighted by Crippen LogP contribution is -2.26. The van der Waals surface area contributed by atoms with Gasteiger partial charge in [0.15, 0.2) is 6.29 Å². The molecule has 0 N–H and O–H groups in total. The number of carbonyl (C=O) groups excluding carboxylic acids is 1. The Bertz CT molecular complexity index is 388. The van der Waals surface area contributed by atoms with Gasteiger partial charge >= 0.3 is 0 Å². The van der Waals surface area contributed by atoms with Crippen LogP contribution >= 0.6 is 15.9 Å². The largest absolute Gasteiger partial charge is 0.371 e. The van der Waals surface area contributed by atoms with Gasteiger partial charge in [-0.05, 0) is 43.9 Å². The predicted molar refractivity (Wildman–Crippen MR) is 70.1 cm³/mol. The van der Waals surface area contributed by atoms with Gasteiger partial charge in [0.2, 0.25) is 0 Å². The van der Waals surface area contributed by atoms with Gasteiger partial charge in [-0.3, -0.25) is 4.79 Å². The number of anilines is 1. The van der Waals surface area contributed by atoms with E-state index in [0.717, 1.165) is 41.0 Å². The molecule has 1 aromatic rings. The molecule has 2 nitrogen and oxygen atoms in total. The molecule has 1 aromatic carbocycles. The Kier molecular flexibility index (Phi) is 3.64.